The van der Waals surface area contributed by atoms with Crippen molar-refractivity contribution in [1.82, 2.24) is 60.0 Å². The summed E-state index contributed by atoms with van der Waals surface area (Å²) >= 11 is 5.10. The number of nitrogens with zero attached hydrogens (tertiary/aromatic N) is 12. The molecule has 2 N–H and O–H groups in total. The minimum Gasteiger partial charge on any atom is -0.512 e. The number of aliphatic hydroxyl groups is 2. The van der Waals surface area contributed by atoms with E-state index in [1.54, 1.807) is 65.0 Å². The van der Waals surface area contributed by atoms with E-state index in [2.05, 4.69) is 251 Å². The van der Waals surface area contributed by atoms with E-state index in [0.29, 0.717) is 11.6 Å². The summed E-state index contributed by atoms with van der Waals surface area (Å²) in [6.45, 7) is 14.2. The van der Waals surface area contributed by atoms with E-state index in [1.165, 1.54) is 75.9 Å². The van der Waals surface area contributed by atoms with Crippen molar-refractivity contribution in [3.05, 3.63) is 514 Å². The zero-order valence-electron chi connectivity index (χ0n) is 81.7. The van der Waals surface area contributed by atoms with Crippen molar-refractivity contribution in [2.24, 2.45) is 0 Å². The van der Waals surface area contributed by atoms with Crippen LogP contribution in [-0.2, 0) is 130 Å². The second-order valence-corrected chi connectivity index (χ2v) is 38.8. The molecule has 0 amide bonds. The number of thiazole rings is 1. The average Bonchev–Trinajstić information content (AvgIpc) is 1.12. The van der Waals surface area contributed by atoms with Gasteiger partial charge >= 0.3 is 39.3 Å². The van der Waals surface area contributed by atoms with Gasteiger partial charge in [-0.1, -0.05) is 193 Å². The van der Waals surface area contributed by atoms with Gasteiger partial charge in [-0.05, 0) is 207 Å². The van der Waals surface area contributed by atoms with Gasteiger partial charge in [0.1, 0.15) is 0 Å². The van der Waals surface area contributed by atoms with Crippen LogP contribution in [0, 0.1) is 44.2 Å². The quantitative estimate of drug-likeness (QED) is 0.0339. The van der Waals surface area contributed by atoms with Gasteiger partial charge in [-0.3, -0.25) is 44.6 Å². The maximum absolute atomic E-state index is 10.0. The minimum atomic E-state index is -0.545. The van der Waals surface area contributed by atoms with Gasteiger partial charge in [-0.25, -0.2) is 22.7 Å². The molecule has 0 saturated heterocycles. The Morgan fingerprint density at radius 3 is 1.11 bits per heavy atom. The Morgan fingerprint density at radius 1 is 0.351 bits per heavy atom. The number of allylic oxidation sites excluding steroid dienone is 4. The second-order valence-electron chi connectivity index (χ2n) is 31.0. The molecule has 0 aliphatic carbocycles. The van der Waals surface area contributed by atoms with E-state index >= 15 is 0 Å². The summed E-state index contributed by atoms with van der Waals surface area (Å²) in [5.41, 5.74) is 15.5. The van der Waals surface area contributed by atoms with Crippen LogP contribution in [-0.4, -0.2) is 90.0 Å². The first-order chi connectivity index (χ1) is 69.4. The fraction of sp³-hybridized carbons (Fsp3) is 0.0661. The first-order valence-corrected chi connectivity index (χ1v) is 51.9. The van der Waals surface area contributed by atoms with Crippen LogP contribution in [0.25, 0.3) is 120 Å². The third-order valence-corrected chi connectivity index (χ3v) is 27.8. The molecular formula is C121H104Ir3N12O4OsP2PtRuS3-2. The number of hydrogen-bond acceptors (Lipinski definition) is 18. The molecule has 11 aromatic heterocycles. The van der Waals surface area contributed by atoms with Crippen molar-refractivity contribution in [1.29, 1.82) is 0 Å². The van der Waals surface area contributed by atoms with Crippen LogP contribution in [0.2, 0.25) is 0 Å². The molecule has 148 heavy (non-hydrogen) atoms. The summed E-state index contributed by atoms with van der Waals surface area (Å²) < 4.78 is 2.49. The van der Waals surface area contributed by atoms with Crippen LogP contribution in [0.15, 0.2) is 473 Å². The van der Waals surface area contributed by atoms with Crippen LogP contribution in [0.5, 0.6) is 0 Å². The Hall–Kier alpha value is -12.5. The average molecular weight is 3010 g/mol. The summed E-state index contributed by atoms with van der Waals surface area (Å²) in [5.74, 6) is 1.15. The minimum absolute atomic E-state index is 0. The molecule has 0 saturated carbocycles. The first kappa shape index (κ1) is 124. The number of aliphatic hydroxyl groups excluding tert-OH is 2. The molecule has 0 spiro atoms. The molecule has 27 heteroatoms. The number of aryl methyl sites for hydroxylation is 2. The predicted molar refractivity (Wildman–Crippen MR) is 594 cm³/mol. The number of aromatic nitrogens is 12. The van der Waals surface area contributed by atoms with E-state index in [4.69, 9.17) is 20.2 Å². The standard InChI is InChI=1S/C20H13N2.2C13H8NS.2C13H13P.C11H8N.C10H8N2.C9H9N4.C9H6NS.2C5H8O2.3Ir.Os.Pt.Ru/c1-3-9-15(10-4-1)19-20(16-11-5-2-6-12-16)22-18-14-8-7-13-17(18)21-19;1-2-7-12-10(5-1)9-13(15-12)11-6-3-4-8-14-11;1-2-6-10(7-3-1)13-14-11-8-4-5-9-12(11)15-13;2*1-14(12-8-4-2-5-9-12)13-10-6-3-7-11-13;1-2-6-10(7-3-1)11-8-4-5-9-12-11;1-3-7-11-9(5-1)10-6-2-4-8-12-10;1-6-3-4-10-8(5-6)9-11-7(2)12-13-9;1-2-6-10-8(4-1)9-5-3-7-11-9;2*1-4(6)3-5(2)7;;;;;;/h1-11,13-14H;1-8H;1-6,8-9H;2*2-11H,1H3;1-6,8-9H;1-8H;3-5H,1-2H3;1-4,6-7H;2*3,6H,1-2H3;;;;;;/q3*-1;;;-1;;2*-1;;;;;;+1;;+1/p+2. The number of carbonyl (C=O) groups is 2. The smallest absolute Gasteiger partial charge is 0.512 e. The fourth-order valence-corrected chi connectivity index (χ4v) is 19.3. The molecule has 0 fully saturated rings. The predicted octanol–water partition coefficient (Wildman–Crippen LogP) is 27.7. The number of thiophene rings is 2. The molecule has 16 nitrogen and oxygen atoms in total. The van der Waals surface area contributed by atoms with Crippen molar-refractivity contribution >= 4 is 114 Å². The number of fused-ring (bicyclic) bond motifs is 3. The number of para-hydroxylation sites is 3. The van der Waals surface area contributed by atoms with Crippen LogP contribution in [0.4, 0.5) is 0 Å². The molecule has 22 rings (SSSR count). The largest absolute Gasteiger partial charge is 1.00 e. The number of pyridine rings is 6. The molecule has 755 valence electrons. The summed E-state index contributed by atoms with van der Waals surface area (Å²) in [5, 5.41) is 34.6. The topological polar surface area (TPSA) is 230 Å². The molecular weight excluding hydrogens is 2910 g/mol. The Kier molecular flexibility index (Phi) is 58.5. The van der Waals surface area contributed by atoms with Crippen molar-refractivity contribution in [2.75, 3.05) is 13.3 Å². The Morgan fingerprint density at radius 2 is 0.730 bits per heavy atom. The third kappa shape index (κ3) is 42.6. The van der Waals surface area contributed by atoms with Gasteiger partial charge in [0.25, 0.3) is 0 Å². The van der Waals surface area contributed by atoms with Crippen molar-refractivity contribution in [2.45, 2.75) is 41.5 Å². The fourth-order valence-electron chi connectivity index (χ4n) is 13.3. The van der Waals surface area contributed by atoms with E-state index in [0.717, 1.165) is 105 Å². The molecule has 5 radical (unpaired) electrons. The van der Waals surface area contributed by atoms with E-state index < -0.39 is 15.8 Å². The van der Waals surface area contributed by atoms with E-state index in [1.807, 2.05) is 274 Å². The molecule has 11 heterocycles. The van der Waals surface area contributed by atoms with Crippen LogP contribution in [0.1, 0.15) is 39.1 Å². The van der Waals surface area contributed by atoms with E-state index in [9.17, 15) is 9.59 Å². The first-order valence-electron chi connectivity index (χ1n) is 45.4. The number of hydrogen-bond donors (Lipinski definition) is 2. The number of benzene rings is 11. The van der Waals surface area contributed by atoms with Gasteiger partial charge in [0, 0.05) is 158 Å². The molecule has 0 aliphatic heterocycles. The van der Waals surface area contributed by atoms with Gasteiger partial charge in [0.15, 0.2) is 11.6 Å². The normalized spacial score (nSPS) is 10.0. The van der Waals surface area contributed by atoms with Gasteiger partial charge < -0.3 is 35.2 Å². The maximum atomic E-state index is 10.0. The molecule has 0 atom stereocenters. The van der Waals surface area contributed by atoms with Crippen molar-refractivity contribution in [3.8, 4) is 88.4 Å². The van der Waals surface area contributed by atoms with Gasteiger partial charge in [0.2, 0.25) is 0 Å². The van der Waals surface area contributed by atoms with Crippen molar-refractivity contribution in [3.63, 3.8) is 0 Å². The molecule has 11 aromatic carbocycles. The Balaban J connectivity index is 0.000000250. The Bertz CT molecular complexity index is 6920. The number of rotatable bonds is 14. The monoisotopic (exact) mass is 3010 g/mol. The van der Waals surface area contributed by atoms with Gasteiger partial charge in [-0.15, -0.1) is 137 Å². The summed E-state index contributed by atoms with van der Waals surface area (Å²) in [7, 11) is -1.09. The molecule has 22 aromatic rings. The zero-order chi connectivity index (χ0) is 99.5. The SMILES string of the molecule is CC(=O)C=C(C)O.CC(=O)C=C(C)O.C[PH+](c1ccccc1)c1ccccc1.C[PH+](c1ccccc1)c1ccccc1.Cc1ccnc(-c2nc(C)n[n-]2)c1.[Ir].[Ir].[Ir].[Os+].[Pt].[Ru+].[c-]1c(-c2ccccn2)sc2ccccc12.[c-]1ccccc1-c1ccccn1.[c-]1ccccc1-c1nc2ccccc2nc1-c1ccccc1.[c-]1ccccc1-c1nc2ccccc2s1.[c-]1ccsc1-c1ccccn1.c1ccc(-c2ccccn2)nc1. The number of ketones is 2. The van der Waals surface area contributed by atoms with Gasteiger partial charge in [0.05, 0.1) is 101 Å². The zero-order valence-corrected chi connectivity index (χ0v) is 99.9. The van der Waals surface area contributed by atoms with Crippen LogP contribution < -0.4 is 26.3 Å². The number of carbonyl (C=O) groups excluding carboxylic acids is 2. The van der Waals surface area contributed by atoms with E-state index in [-0.39, 0.29) is 144 Å². The summed E-state index contributed by atoms with van der Waals surface area (Å²) in [4.78, 5) is 65.9. The summed E-state index contributed by atoms with van der Waals surface area (Å²) in [6.07, 6.45) is 13.0. The Labute approximate surface area is 962 Å². The van der Waals surface area contributed by atoms with Gasteiger partial charge in [-0.2, -0.15) is 23.5 Å². The maximum Gasteiger partial charge on any atom is 1.00 e. The molecule has 0 bridgehead atoms. The second kappa shape index (κ2) is 69.7. The van der Waals surface area contributed by atoms with Crippen LogP contribution >= 0.6 is 49.9 Å². The third-order valence-electron chi connectivity index (χ3n) is 20.0. The van der Waals surface area contributed by atoms with Crippen LogP contribution in [0.3, 0.4) is 0 Å². The van der Waals surface area contributed by atoms with Crippen molar-refractivity contribution < 1.29 is 140 Å². The molecule has 0 aliphatic rings. The molecule has 0 unspecified atom stereocenters. The summed E-state index contributed by atoms with van der Waals surface area (Å²) in [6, 6.07) is 152.